The molecular weight excluding hydrogens is 250 g/mol. The van der Waals surface area contributed by atoms with E-state index < -0.39 is 0 Å². The van der Waals surface area contributed by atoms with E-state index in [-0.39, 0.29) is 6.04 Å². The maximum atomic E-state index is 8.65. The summed E-state index contributed by atoms with van der Waals surface area (Å²) in [4.78, 5) is 4.29. The Balaban J connectivity index is 2.19. The minimum atomic E-state index is 0.163. The normalized spacial score (nSPS) is 11.7. The Hall–Kier alpha value is -2.38. The average Bonchev–Trinajstić information content (AvgIpc) is 2.49. The third-order valence-electron chi connectivity index (χ3n) is 3.12. The molecule has 20 heavy (non-hydrogen) atoms. The summed E-state index contributed by atoms with van der Waals surface area (Å²) in [6.45, 7) is 2.06. The zero-order chi connectivity index (χ0) is 14.4. The van der Waals surface area contributed by atoms with Crippen molar-refractivity contribution in [3.63, 3.8) is 0 Å². The van der Waals surface area contributed by atoms with Gasteiger partial charge in [0.1, 0.15) is 5.75 Å². The topological polar surface area (TPSA) is 57.9 Å². The molecule has 0 saturated carbocycles. The predicted molar refractivity (Wildman–Crippen MR) is 77.5 cm³/mol. The molecule has 1 atom stereocenters. The van der Waals surface area contributed by atoms with Crippen LogP contribution in [0.2, 0.25) is 0 Å². The number of hydrogen-bond donors (Lipinski definition) is 1. The Morgan fingerprint density at radius 1 is 1.30 bits per heavy atom. The lowest BCUT2D eigenvalue weighted by Crippen LogP contribution is -2.13. The number of pyridine rings is 1. The fourth-order valence-corrected chi connectivity index (χ4v) is 1.85. The van der Waals surface area contributed by atoms with Gasteiger partial charge in [-0.3, -0.25) is 0 Å². The van der Waals surface area contributed by atoms with Crippen molar-refractivity contribution < 1.29 is 4.74 Å². The second-order valence-electron chi connectivity index (χ2n) is 4.49. The van der Waals surface area contributed by atoms with E-state index in [4.69, 9.17) is 10.00 Å². The monoisotopic (exact) mass is 267 g/mol. The summed E-state index contributed by atoms with van der Waals surface area (Å²) in [6, 6.07) is 13.7. The number of aromatic nitrogens is 1. The number of rotatable bonds is 5. The standard InChI is InChI=1S/C16H17N3O/c1-12(18-2)15-4-3-11-19-16(15)20-14-7-5-13(6-8-14)9-10-17/h3-8,11-12,18H,9H2,1-2H3. The fraction of sp³-hybridized carbons (Fsp3) is 0.250. The lowest BCUT2D eigenvalue weighted by Gasteiger charge is -2.15. The van der Waals surface area contributed by atoms with Crippen LogP contribution in [0.1, 0.15) is 24.1 Å². The first-order chi connectivity index (χ1) is 9.74. The van der Waals surface area contributed by atoms with Gasteiger partial charge in [0.15, 0.2) is 0 Å². The van der Waals surface area contributed by atoms with E-state index in [2.05, 4.69) is 23.3 Å². The first-order valence-corrected chi connectivity index (χ1v) is 6.50. The lowest BCUT2D eigenvalue weighted by molar-refractivity contribution is 0.446. The highest BCUT2D eigenvalue weighted by molar-refractivity contribution is 5.35. The number of nitrogens with one attached hydrogen (secondary N) is 1. The molecule has 102 valence electrons. The quantitative estimate of drug-likeness (QED) is 0.903. The van der Waals surface area contributed by atoms with Crippen LogP contribution < -0.4 is 10.1 Å². The number of hydrogen-bond acceptors (Lipinski definition) is 4. The highest BCUT2D eigenvalue weighted by Crippen LogP contribution is 2.27. The molecule has 1 aromatic heterocycles. The number of nitriles is 1. The zero-order valence-electron chi connectivity index (χ0n) is 11.6. The van der Waals surface area contributed by atoms with Crippen LogP contribution in [-0.2, 0) is 6.42 Å². The van der Waals surface area contributed by atoms with Gasteiger partial charge in [-0.25, -0.2) is 4.98 Å². The first kappa shape index (κ1) is 14.0. The first-order valence-electron chi connectivity index (χ1n) is 6.50. The van der Waals surface area contributed by atoms with E-state index in [1.54, 1.807) is 6.20 Å². The van der Waals surface area contributed by atoms with E-state index in [1.165, 1.54) is 0 Å². The van der Waals surface area contributed by atoms with Crippen molar-refractivity contribution in [1.82, 2.24) is 10.3 Å². The van der Waals surface area contributed by atoms with E-state index in [1.807, 2.05) is 43.4 Å². The molecule has 1 N–H and O–H groups in total. The molecule has 0 aliphatic rings. The van der Waals surface area contributed by atoms with Gasteiger partial charge in [-0.15, -0.1) is 0 Å². The average molecular weight is 267 g/mol. The molecule has 0 aliphatic carbocycles. The van der Waals surface area contributed by atoms with E-state index in [9.17, 15) is 0 Å². The Labute approximate surface area is 119 Å². The van der Waals surface area contributed by atoms with Crippen LogP contribution in [0.4, 0.5) is 0 Å². The van der Waals surface area contributed by atoms with Crippen LogP contribution in [0.5, 0.6) is 11.6 Å². The Bertz CT molecular complexity index is 602. The minimum absolute atomic E-state index is 0.163. The second kappa shape index (κ2) is 6.69. The fourth-order valence-electron chi connectivity index (χ4n) is 1.85. The molecule has 2 aromatic rings. The van der Waals surface area contributed by atoms with Crippen LogP contribution in [-0.4, -0.2) is 12.0 Å². The number of benzene rings is 1. The Kier molecular flexibility index (Phi) is 4.70. The van der Waals surface area contributed by atoms with Gasteiger partial charge in [-0.1, -0.05) is 18.2 Å². The third kappa shape index (κ3) is 3.34. The van der Waals surface area contributed by atoms with Gasteiger partial charge >= 0.3 is 0 Å². The molecule has 0 bridgehead atoms. The van der Waals surface area contributed by atoms with Crippen LogP contribution in [0, 0.1) is 11.3 Å². The summed E-state index contributed by atoms with van der Waals surface area (Å²) in [5.74, 6) is 1.32. The maximum Gasteiger partial charge on any atom is 0.223 e. The van der Waals surface area contributed by atoms with E-state index in [0.717, 1.165) is 16.9 Å². The second-order valence-corrected chi connectivity index (χ2v) is 4.49. The molecular formula is C16H17N3O. The van der Waals surface area contributed by atoms with Crippen molar-refractivity contribution in [3.05, 3.63) is 53.7 Å². The zero-order valence-corrected chi connectivity index (χ0v) is 11.6. The molecule has 0 radical (unpaired) electrons. The molecule has 0 spiro atoms. The van der Waals surface area contributed by atoms with Crippen molar-refractivity contribution in [1.29, 1.82) is 5.26 Å². The van der Waals surface area contributed by atoms with Gasteiger partial charge in [0.05, 0.1) is 12.5 Å². The number of ether oxygens (including phenoxy) is 1. The van der Waals surface area contributed by atoms with Crippen LogP contribution in [0.15, 0.2) is 42.6 Å². The largest absolute Gasteiger partial charge is 0.439 e. The van der Waals surface area contributed by atoms with Gasteiger partial charge in [0.25, 0.3) is 0 Å². The maximum absolute atomic E-state index is 8.65. The van der Waals surface area contributed by atoms with Crippen LogP contribution in [0.3, 0.4) is 0 Å². The minimum Gasteiger partial charge on any atom is -0.439 e. The SMILES string of the molecule is CNC(C)c1cccnc1Oc1ccc(CC#N)cc1. The van der Waals surface area contributed by atoms with Crippen molar-refractivity contribution in [3.8, 4) is 17.7 Å². The van der Waals surface area contributed by atoms with Crippen molar-refractivity contribution >= 4 is 0 Å². The van der Waals surface area contributed by atoms with Gasteiger partial charge < -0.3 is 10.1 Å². The Morgan fingerprint density at radius 2 is 2.05 bits per heavy atom. The summed E-state index contributed by atoms with van der Waals surface area (Å²) >= 11 is 0. The Morgan fingerprint density at radius 3 is 2.70 bits per heavy atom. The summed E-state index contributed by atoms with van der Waals surface area (Å²) in [5, 5.41) is 11.8. The van der Waals surface area contributed by atoms with Crippen LogP contribution in [0.25, 0.3) is 0 Å². The summed E-state index contributed by atoms with van der Waals surface area (Å²) in [6.07, 6.45) is 2.12. The van der Waals surface area contributed by atoms with Crippen molar-refractivity contribution in [2.24, 2.45) is 0 Å². The molecule has 4 nitrogen and oxygen atoms in total. The molecule has 1 heterocycles. The number of nitrogens with zero attached hydrogens (tertiary/aromatic N) is 2. The lowest BCUT2D eigenvalue weighted by atomic mass is 10.1. The predicted octanol–water partition coefficient (Wildman–Crippen LogP) is 3.22. The molecule has 1 aromatic carbocycles. The van der Waals surface area contributed by atoms with E-state index in [0.29, 0.717) is 12.3 Å². The molecule has 0 amide bonds. The molecule has 1 unspecified atom stereocenters. The van der Waals surface area contributed by atoms with Gasteiger partial charge in [0, 0.05) is 17.8 Å². The summed E-state index contributed by atoms with van der Waals surface area (Å²) in [7, 11) is 1.90. The van der Waals surface area contributed by atoms with Crippen LogP contribution >= 0.6 is 0 Å². The molecule has 0 aliphatic heterocycles. The third-order valence-corrected chi connectivity index (χ3v) is 3.12. The molecule has 0 saturated heterocycles. The molecule has 4 heteroatoms. The highest BCUT2D eigenvalue weighted by Gasteiger charge is 2.11. The van der Waals surface area contributed by atoms with Gasteiger partial charge in [0.2, 0.25) is 5.88 Å². The molecule has 2 rings (SSSR count). The van der Waals surface area contributed by atoms with Crippen molar-refractivity contribution in [2.45, 2.75) is 19.4 Å². The van der Waals surface area contributed by atoms with Crippen molar-refractivity contribution in [2.75, 3.05) is 7.05 Å². The summed E-state index contributed by atoms with van der Waals surface area (Å²) < 4.78 is 5.83. The van der Waals surface area contributed by atoms with E-state index >= 15 is 0 Å². The summed E-state index contributed by atoms with van der Waals surface area (Å²) in [5.41, 5.74) is 1.99. The molecule has 0 fully saturated rings. The van der Waals surface area contributed by atoms with Gasteiger partial charge in [-0.2, -0.15) is 5.26 Å². The van der Waals surface area contributed by atoms with Gasteiger partial charge in [-0.05, 0) is 37.7 Å². The highest BCUT2D eigenvalue weighted by atomic mass is 16.5. The smallest absolute Gasteiger partial charge is 0.223 e.